The third-order valence-corrected chi connectivity index (χ3v) is 8.58. The molecule has 8 rings (SSSR count). The molecule has 0 atom stereocenters. The van der Waals surface area contributed by atoms with Gasteiger partial charge in [0.15, 0.2) is 17.5 Å². The molecule has 0 radical (unpaired) electrons. The first kappa shape index (κ1) is 27.6. The normalized spacial score (nSPS) is 11.4. The predicted molar refractivity (Wildman–Crippen MR) is 187 cm³/mol. The third-order valence-electron chi connectivity index (χ3n) is 8.58. The van der Waals surface area contributed by atoms with Crippen molar-refractivity contribution in [3.63, 3.8) is 0 Å². The SMILES string of the molecule is Cc1ccc(-c2nc(-c3ccc(C)cc3)nc(-c3cccc(-c4nn5c(-c6ccccc6)cc6ccccc6c5c4C)c3)n2)cc1. The predicted octanol–water partition coefficient (Wildman–Crippen LogP) is 9.93. The highest BCUT2D eigenvalue weighted by molar-refractivity contribution is 6.01. The molecule has 3 aromatic heterocycles. The quantitative estimate of drug-likeness (QED) is 0.199. The second-order valence-corrected chi connectivity index (χ2v) is 11.8. The molecule has 0 saturated carbocycles. The summed E-state index contributed by atoms with van der Waals surface area (Å²) < 4.78 is 2.10. The van der Waals surface area contributed by atoms with Crippen molar-refractivity contribution < 1.29 is 0 Å². The van der Waals surface area contributed by atoms with E-state index in [1.807, 2.05) is 6.07 Å². The van der Waals surface area contributed by atoms with Crippen molar-refractivity contribution in [2.24, 2.45) is 0 Å². The lowest BCUT2D eigenvalue weighted by molar-refractivity contribution is 0.979. The van der Waals surface area contributed by atoms with Crippen LogP contribution in [0.2, 0.25) is 0 Å². The maximum Gasteiger partial charge on any atom is 0.164 e. The standard InChI is InChI=1S/C41H31N5/c1-26-16-20-30(21-17-26)39-42-40(31-22-18-27(2)19-23-31)44-41(43-39)34-14-9-13-33(24-34)37-28(3)38-35-15-8-7-12-32(35)25-36(46(38)45-37)29-10-5-4-6-11-29/h4-25H,1-3H3. The Morgan fingerprint density at radius 3 is 1.65 bits per heavy atom. The van der Waals surface area contributed by atoms with E-state index in [9.17, 15) is 0 Å². The van der Waals surface area contributed by atoms with Gasteiger partial charge >= 0.3 is 0 Å². The summed E-state index contributed by atoms with van der Waals surface area (Å²) in [4.78, 5) is 14.9. The molecular weight excluding hydrogens is 562 g/mol. The fourth-order valence-electron chi connectivity index (χ4n) is 6.10. The van der Waals surface area contributed by atoms with Gasteiger partial charge in [0.2, 0.25) is 0 Å². The van der Waals surface area contributed by atoms with Crippen molar-refractivity contribution in [3.05, 3.63) is 150 Å². The molecule has 0 spiro atoms. The summed E-state index contributed by atoms with van der Waals surface area (Å²) in [5.74, 6) is 1.92. The van der Waals surface area contributed by atoms with Gasteiger partial charge in [0.05, 0.1) is 16.9 Å². The molecule has 0 N–H and O–H groups in total. The van der Waals surface area contributed by atoms with Crippen LogP contribution in [0.4, 0.5) is 0 Å². The Hall–Kier alpha value is -5.94. The molecule has 46 heavy (non-hydrogen) atoms. The molecule has 220 valence electrons. The molecule has 0 saturated heterocycles. The Kier molecular flexibility index (Phi) is 6.72. The number of rotatable bonds is 5. The van der Waals surface area contributed by atoms with E-state index in [4.69, 9.17) is 20.1 Å². The molecule has 0 aliphatic heterocycles. The third kappa shape index (κ3) is 4.92. The van der Waals surface area contributed by atoms with E-state index < -0.39 is 0 Å². The minimum absolute atomic E-state index is 0.625. The monoisotopic (exact) mass is 593 g/mol. The summed E-state index contributed by atoms with van der Waals surface area (Å²) >= 11 is 0. The van der Waals surface area contributed by atoms with Gasteiger partial charge in [-0.3, -0.25) is 0 Å². The van der Waals surface area contributed by atoms with Crippen molar-refractivity contribution in [1.82, 2.24) is 24.6 Å². The molecule has 0 fully saturated rings. The topological polar surface area (TPSA) is 56.0 Å². The number of aryl methyl sites for hydroxylation is 3. The van der Waals surface area contributed by atoms with Crippen molar-refractivity contribution in [2.45, 2.75) is 20.8 Å². The Labute approximate surface area is 267 Å². The molecule has 0 amide bonds. The van der Waals surface area contributed by atoms with E-state index in [1.54, 1.807) is 0 Å². The summed E-state index contributed by atoms with van der Waals surface area (Å²) in [6, 6.07) is 46.2. The Balaban J connectivity index is 1.31. The van der Waals surface area contributed by atoms with Gasteiger partial charge in [-0.2, -0.15) is 5.10 Å². The van der Waals surface area contributed by atoms with E-state index in [-0.39, 0.29) is 0 Å². The first-order chi connectivity index (χ1) is 22.5. The zero-order chi connectivity index (χ0) is 31.2. The van der Waals surface area contributed by atoms with Crippen LogP contribution in [0.25, 0.3) is 73.0 Å². The number of hydrogen-bond donors (Lipinski definition) is 0. The van der Waals surface area contributed by atoms with Crippen molar-refractivity contribution in [2.75, 3.05) is 0 Å². The van der Waals surface area contributed by atoms with Crippen LogP contribution in [-0.4, -0.2) is 24.6 Å². The lowest BCUT2D eigenvalue weighted by Gasteiger charge is -2.09. The van der Waals surface area contributed by atoms with Gasteiger partial charge in [-0.15, -0.1) is 0 Å². The van der Waals surface area contributed by atoms with Gasteiger partial charge in [-0.1, -0.05) is 132 Å². The summed E-state index contributed by atoms with van der Waals surface area (Å²) in [5.41, 5.74) is 11.6. The highest BCUT2D eigenvalue weighted by Crippen LogP contribution is 2.36. The van der Waals surface area contributed by atoms with Crippen molar-refractivity contribution in [3.8, 4) is 56.7 Å². The van der Waals surface area contributed by atoms with Gasteiger partial charge < -0.3 is 0 Å². The minimum Gasteiger partial charge on any atom is -0.232 e. The fourth-order valence-corrected chi connectivity index (χ4v) is 6.10. The molecule has 5 aromatic carbocycles. The maximum atomic E-state index is 5.25. The summed E-state index contributed by atoms with van der Waals surface area (Å²) in [6.07, 6.45) is 0. The highest BCUT2D eigenvalue weighted by atomic mass is 15.2. The number of nitrogens with zero attached hydrogens (tertiary/aromatic N) is 5. The van der Waals surface area contributed by atoms with Crippen LogP contribution in [0, 0.1) is 20.8 Å². The van der Waals surface area contributed by atoms with Crippen LogP contribution >= 0.6 is 0 Å². The van der Waals surface area contributed by atoms with E-state index in [2.05, 4.69) is 153 Å². The zero-order valence-electron chi connectivity index (χ0n) is 25.9. The molecule has 5 heteroatoms. The second kappa shape index (κ2) is 11.2. The lowest BCUT2D eigenvalue weighted by Crippen LogP contribution is -2.00. The average Bonchev–Trinajstić information content (AvgIpc) is 3.46. The summed E-state index contributed by atoms with van der Waals surface area (Å²) in [6.45, 7) is 6.33. The minimum atomic E-state index is 0.625. The van der Waals surface area contributed by atoms with Crippen LogP contribution in [-0.2, 0) is 0 Å². The number of pyridine rings is 1. The smallest absolute Gasteiger partial charge is 0.164 e. The molecule has 0 bridgehead atoms. The molecule has 0 aliphatic rings. The first-order valence-corrected chi connectivity index (χ1v) is 15.5. The number of hydrogen-bond acceptors (Lipinski definition) is 4. The molecule has 8 aromatic rings. The maximum absolute atomic E-state index is 5.25. The van der Waals surface area contributed by atoms with Gasteiger partial charge in [-0.25, -0.2) is 19.5 Å². The average molecular weight is 594 g/mol. The van der Waals surface area contributed by atoms with Gasteiger partial charge in [0.1, 0.15) is 0 Å². The molecule has 3 heterocycles. The van der Waals surface area contributed by atoms with Crippen molar-refractivity contribution >= 4 is 16.3 Å². The molecule has 0 aliphatic carbocycles. The first-order valence-electron chi connectivity index (χ1n) is 15.5. The van der Waals surface area contributed by atoms with E-state index in [0.717, 1.165) is 50.3 Å². The van der Waals surface area contributed by atoms with Crippen LogP contribution in [0.15, 0.2) is 133 Å². The lowest BCUT2D eigenvalue weighted by atomic mass is 10.0. The number of benzene rings is 5. The Morgan fingerprint density at radius 2 is 1.00 bits per heavy atom. The zero-order valence-corrected chi connectivity index (χ0v) is 25.9. The number of aromatic nitrogens is 5. The van der Waals surface area contributed by atoms with Gasteiger partial charge in [0.25, 0.3) is 0 Å². The van der Waals surface area contributed by atoms with Gasteiger partial charge in [0, 0.05) is 38.8 Å². The Morgan fingerprint density at radius 1 is 0.457 bits per heavy atom. The summed E-state index contributed by atoms with van der Waals surface area (Å²) in [5, 5.41) is 7.62. The van der Waals surface area contributed by atoms with E-state index in [0.29, 0.717) is 17.5 Å². The fraction of sp³-hybridized carbons (Fsp3) is 0.0732. The molecule has 0 unspecified atom stereocenters. The van der Waals surface area contributed by atoms with E-state index in [1.165, 1.54) is 21.9 Å². The summed E-state index contributed by atoms with van der Waals surface area (Å²) in [7, 11) is 0. The highest BCUT2D eigenvalue weighted by Gasteiger charge is 2.19. The van der Waals surface area contributed by atoms with Crippen LogP contribution in [0.5, 0.6) is 0 Å². The second-order valence-electron chi connectivity index (χ2n) is 11.8. The van der Waals surface area contributed by atoms with E-state index >= 15 is 0 Å². The van der Waals surface area contributed by atoms with Crippen LogP contribution < -0.4 is 0 Å². The van der Waals surface area contributed by atoms with Crippen molar-refractivity contribution in [1.29, 1.82) is 0 Å². The van der Waals surface area contributed by atoms with Crippen LogP contribution in [0.3, 0.4) is 0 Å². The number of fused-ring (bicyclic) bond motifs is 3. The molecular formula is C41H31N5. The molecule has 5 nitrogen and oxygen atoms in total. The largest absolute Gasteiger partial charge is 0.232 e. The Bertz CT molecular complexity index is 2310. The van der Waals surface area contributed by atoms with Crippen LogP contribution in [0.1, 0.15) is 16.7 Å². The van der Waals surface area contributed by atoms with Gasteiger partial charge in [-0.05, 0) is 38.3 Å².